The second kappa shape index (κ2) is 4.77. The molecular weight excluding hydrogens is 451 g/mol. The molecule has 1 aromatic rings. The van der Waals surface area contributed by atoms with Crippen LogP contribution in [-0.4, -0.2) is 23.0 Å². The van der Waals surface area contributed by atoms with Gasteiger partial charge in [0.15, 0.2) is 3.77 Å². The Morgan fingerprint density at radius 1 is 1.29 bits per heavy atom. The largest absolute Gasteiger partial charge is 0.448 e. The third-order valence-corrected chi connectivity index (χ3v) is 6.54. The van der Waals surface area contributed by atoms with Crippen LogP contribution in [0.25, 0.3) is 0 Å². The third kappa shape index (κ3) is 1.97. The maximum atomic E-state index is 12.4. The van der Waals surface area contributed by atoms with Crippen molar-refractivity contribution in [3.8, 4) is 0 Å². The Bertz CT molecular complexity index is 662. The number of amides is 2. The van der Waals surface area contributed by atoms with E-state index in [9.17, 15) is 9.59 Å². The Morgan fingerprint density at radius 3 is 2.43 bits per heavy atom. The van der Waals surface area contributed by atoms with Gasteiger partial charge in [0.1, 0.15) is 5.76 Å². The molecule has 0 radical (unpaired) electrons. The van der Waals surface area contributed by atoms with Crippen LogP contribution < -0.4 is 0 Å². The molecule has 0 N–H and O–H groups in total. The number of allylic oxidation sites excluding steroid dienone is 2. The summed E-state index contributed by atoms with van der Waals surface area (Å²) in [6, 6.07) is 1.75. The zero-order chi connectivity index (χ0) is 14.7. The summed E-state index contributed by atoms with van der Waals surface area (Å²) in [7, 11) is 0. The predicted molar refractivity (Wildman–Crippen MR) is 86.3 cm³/mol. The van der Waals surface area contributed by atoms with E-state index in [-0.39, 0.29) is 35.5 Å². The van der Waals surface area contributed by atoms with Crippen molar-refractivity contribution in [3.63, 3.8) is 0 Å². The van der Waals surface area contributed by atoms with Crippen LogP contribution in [0.15, 0.2) is 32.2 Å². The number of hydrogen-bond donors (Lipinski definition) is 0. The molecule has 108 valence electrons. The number of rotatable bonds is 2. The van der Waals surface area contributed by atoms with E-state index < -0.39 is 0 Å². The van der Waals surface area contributed by atoms with Crippen molar-refractivity contribution in [1.82, 2.24) is 5.01 Å². The quantitative estimate of drug-likeness (QED) is 0.295. The molecule has 2 amide bonds. The van der Waals surface area contributed by atoms with Crippen LogP contribution in [0.4, 0.5) is 0 Å². The molecule has 0 unspecified atom stereocenters. The second-order valence-electron chi connectivity index (χ2n) is 5.50. The zero-order valence-electron chi connectivity index (χ0n) is 10.7. The average Bonchev–Trinajstić information content (AvgIpc) is 3.17. The van der Waals surface area contributed by atoms with Crippen molar-refractivity contribution in [1.29, 1.82) is 0 Å². The molecule has 2 heterocycles. The topological polar surface area (TPSA) is 62.9 Å². The first-order valence-electron chi connectivity index (χ1n) is 6.61. The minimum absolute atomic E-state index is 0.182. The Labute approximate surface area is 142 Å². The van der Waals surface area contributed by atoms with Gasteiger partial charge in [0.2, 0.25) is 0 Å². The van der Waals surface area contributed by atoms with Crippen LogP contribution >= 0.6 is 38.5 Å². The number of halogens is 2. The summed E-state index contributed by atoms with van der Waals surface area (Å²) < 4.78 is 6.95. The van der Waals surface area contributed by atoms with Crippen molar-refractivity contribution < 1.29 is 14.0 Å². The number of hydrazone groups is 1. The lowest BCUT2D eigenvalue weighted by molar-refractivity contribution is -0.140. The number of carbonyl (C=O) groups excluding carboxylic acids is 2. The van der Waals surface area contributed by atoms with Crippen LogP contribution in [0, 0.1) is 27.4 Å². The summed E-state index contributed by atoms with van der Waals surface area (Å²) in [5, 5.41) is 5.07. The molecule has 1 saturated carbocycles. The Balaban J connectivity index is 1.59. The number of furan rings is 1. The first-order valence-corrected chi connectivity index (χ1v) is 8.48. The number of imide groups is 1. The van der Waals surface area contributed by atoms with Gasteiger partial charge in [-0.2, -0.15) is 10.1 Å². The highest BCUT2D eigenvalue weighted by Gasteiger charge is 2.59. The van der Waals surface area contributed by atoms with E-state index in [0.29, 0.717) is 9.53 Å². The first-order chi connectivity index (χ1) is 10.1. The van der Waals surface area contributed by atoms with E-state index in [1.54, 1.807) is 6.07 Å². The van der Waals surface area contributed by atoms with E-state index in [0.717, 1.165) is 15.9 Å². The SMILES string of the molecule is O=C1[C@@H]2[C@H](C(=O)N1N=Cc1cc(Br)c(I)o1)[C@H]1C=C[C@H]2C1. The van der Waals surface area contributed by atoms with E-state index in [1.165, 1.54) is 6.21 Å². The van der Waals surface area contributed by atoms with Gasteiger partial charge in [0.05, 0.1) is 22.5 Å². The van der Waals surface area contributed by atoms with Gasteiger partial charge in [0, 0.05) is 28.7 Å². The highest BCUT2D eigenvalue weighted by molar-refractivity contribution is 14.1. The van der Waals surface area contributed by atoms with Gasteiger partial charge < -0.3 is 4.42 Å². The molecule has 7 heteroatoms. The number of carbonyl (C=O) groups is 2. The fraction of sp³-hybridized carbons (Fsp3) is 0.357. The normalized spacial score (nSPS) is 33.7. The summed E-state index contributed by atoms with van der Waals surface area (Å²) in [6.07, 6.45) is 6.47. The summed E-state index contributed by atoms with van der Waals surface area (Å²) in [4.78, 5) is 24.8. The molecule has 21 heavy (non-hydrogen) atoms. The van der Waals surface area contributed by atoms with Crippen molar-refractivity contribution in [3.05, 3.63) is 32.2 Å². The van der Waals surface area contributed by atoms with Gasteiger partial charge in [-0.3, -0.25) is 9.59 Å². The van der Waals surface area contributed by atoms with Gasteiger partial charge in [-0.15, -0.1) is 0 Å². The van der Waals surface area contributed by atoms with Crippen LogP contribution in [0.3, 0.4) is 0 Å². The van der Waals surface area contributed by atoms with Crippen molar-refractivity contribution in [2.45, 2.75) is 6.42 Å². The maximum Gasteiger partial charge on any atom is 0.254 e. The molecule has 1 aromatic heterocycles. The van der Waals surface area contributed by atoms with E-state index in [4.69, 9.17) is 4.42 Å². The van der Waals surface area contributed by atoms with Gasteiger partial charge in [-0.1, -0.05) is 12.2 Å². The number of fused-ring (bicyclic) bond motifs is 5. The van der Waals surface area contributed by atoms with Crippen molar-refractivity contribution >= 4 is 56.5 Å². The Hall–Kier alpha value is -0.960. The lowest BCUT2D eigenvalue weighted by Crippen LogP contribution is -2.28. The monoisotopic (exact) mass is 460 g/mol. The highest BCUT2D eigenvalue weighted by atomic mass is 127. The molecule has 4 atom stereocenters. The lowest BCUT2D eigenvalue weighted by atomic mass is 9.85. The summed E-state index contributed by atoms with van der Waals surface area (Å²) in [6.45, 7) is 0. The molecule has 5 nitrogen and oxygen atoms in total. The van der Waals surface area contributed by atoms with Gasteiger partial charge in [-0.25, -0.2) is 0 Å². The minimum Gasteiger partial charge on any atom is -0.448 e. The van der Waals surface area contributed by atoms with Gasteiger partial charge in [0.25, 0.3) is 11.8 Å². The fourth-order valence-corrected chi connectivity index (χ4v) is 4.26. The van der Waals surface area contributed by atoms with Crippen LogP contribution in [0.1, 0.15) is 12.2 Å². The maximum absolute atomic E-state index is 12.4. The molecule has 2 fully saturated rings. The molecule has 1 saturated heterocycles. The molecular formula is C14H10BrIN2O3. The standard InChI is InChI=1S/C14H10BrIN2O3/c15-9-4-8(21-12(9)16)5-17-18-13(19)10-6-1-2-7(3-6)11(10)14(18)20/h1-2,4-7,10-11H,3H2/t6-,7-,10-,11+/m0/s1. The van der Waals surface area contributed by atoms with E-state index in [1.807, 2.05) is 22.6 Å². The minimum atomic E-state index is -0.215. The molecule has 4 rings (SSSR count). The Kier molecular flexibility index (Phi) is 3.11. The second-order valence-corrected chi connectivity index (χ2v) is 7.34. The third-order valence-electron chi connectivity index (χ3n) is 4.41. The van der Waals surface area contributed by atoms with Crippen LogP contribution in [0.2, 0.25) is 0 Å². The molecule has 2 bridgehead atoms. The highest BCUT2D eigenvalue weighted by Crippen LogP contribution is 2.52. The van der Waals surface area contributed by atoms with Crippen molar-refractivity contribution in [2.24, 2.45) is 28.8 Å². The molecule has 0 aromatic carbocycles. The van der Waals surface area contributed by atoms with Gasteiger partial charge >= 0.3 is 0 Å². The molecule has 3 aliphatic rings. The Morgan fingerprint density at radius 2 is 1.90 bits per heavy atom. The average molecular weight is 461 g/mol. The van der Waals surface area contributed by atoms with Gasteiger partial charge in [-0.05, 0) is 34.2 Å². The molecule has 1 aliphatic heterocycles. The van der Waals surface area contributed by atoms with Crippen molar-refractivity contribution in [2.75, 3.05) is 0 Å². The van der Waals surface area contributed by atoms with E-state index >= 15 is 0 Å². The van der Waals surface area contributed by atoms with E-state index in [2.05, 4.69) is 33.2 Å². The van der Waals surface area contributed by atoms with Crippen LogP contribution in [-0.2, 0) is 9.59 Å². The van der Waals surface area contributed by atoms with Crippen LogP contribution in [0.5, 0.6) is 0 Å². The summed E-state index contributed by atoms with van der Waals surface area (Å²) >= 11 is 5.38. The zero-order valence-corrected chi connectivity index (χ0v) is 14.4. The predicted octanol–water partition coefficient (Wildman–Crippen LogP) is 2.79. The summed E-state index contributed by atoms with van der Waals surface area (Å²) in [5.41, 5.74) is 0. The lowest BCUT2D eigenvalue weighted by Gasteiger charge is -2.13. The number of nitrogens with zero attached hydrogens (tertiary/aromatic N) is 2. The summed E-state index contributed by atoms with van der Waals surface area (Å²) in [5.74, 6) is 0.119. The molecule has 0 spiro atoms. The molecule has 2 aliphatic carbocycles. The number of hydrogen-bond acceptors (Lipinski definition) is 4. The fourth-order valence-electron chi connectivity index (χ4n) is 3.54. The first kappa shape index (κ1) is 13.7. The smallest absolute Gasteiger partial charge is 0.254 e.